The van der Waals surface area contributed by atoms with Gasteiger partial charge in [0, 0.05) is 30.6 Å². The van der Waals surface area contributed by atoms with Gasteiger partial charge in [-0.25, -0.2) is 0 Å². The van der Waals surface area contributed by atoms with Gasteiger partial charge in [-0.3, -0.25) is 9.69 Å². The van der Waals surface area contributed by atoms with E-state index in [4.69, 9.17) is 21.4 Å². The number of amides is 1. The number of hydrogen-bond acceptors (Lipinski definition) is 4. The molecule has 0 aliphatic carbocycles. The molecule has 19 heavy (non-hydrogen) atoms. The number of nitrogens with zero attached hydrogens (tertiary/aromatic N) is 1. The van der Waals surface area contributed by atoms with Gasteiger partial charge < -0.3 is 15.2 Å². The smallest absolute Gasteiger partial charge is 0.238 e. The van der Waals surface area contributed by atoms with Gasteiger partial charge in [-0.2, -0.15) is 0 Å². The molecule has 104 valence electrons. The zero-order valence-electron chi connectivity index (χ0n) is 10.7. The van der Waals surface area contributed by atoms with Crippen molar-refractivity contribution in [1.82, 2.24) is 4.90 Å². The molecule has 1 heterocycles. The van der Waals surface area contributed by atoms with Crippen molar-refractivity contribution in [3.63, 3.8) is 0 Å². The Morgan fingerprint density at radius 2 is 2.32 bits per heavy atom. The fourth-order valence-electron chi connectivity index (χ4n) is 2.09. The molecule has 0 aromatic heterocycles. The Bertz CT molecular complexity index is 461. The molecule has 2 N–H and O–H groups in total. The Labute approximate surface area is 117 Å². The fourth-order valence-corrected chi connectivity index (χ4v) is 2.26. The van der Waals surface area contributed by atoms with Crippen LogP contribution in [0.4, 0.5) is 5.69 Å². The standard InChI is InChI=1S/C13H17ClN2O3/c1-19-12-3-2-10(14)4-11(12)15-13(18)7-16-5-9(6-16)8-17/h2-4,9,17H,5-8H2,1H3,(H,15,18). The molecule has 0 radical (unpaired) electrons. The molecule has 1 amide bonds. The summed E-state index contributed by atoms with van der Waals surface area (Å²) in [6.45, 7) is 2.01. The first-order valence-electron chi connectivity index (χ1n) is 6.09. The second kappa shape index (κ2) is 6.23. The Morgan fingerprint density at radius 1 is 1.58 bits per heavy atom. The van der Waals surface area contributed by atoms with Gasteiger partial charge in [0.15, 0.2) is 0 Å². The molecule has 5 nitrogen and oxygen atoms in total. The summed E-state index contributed by atoms with van der Waals surface area (Å²) in [5.41, 5.74) is 0.569. The Balaban J connectivity index is 1.90. The topological polar surface area (TPSA) is 61.8 Å². The number of rotatable bonds is 5. The van der Waals surface area contributed by atoms with Crippen LogP contribution >= 0.6 is 11.6 Å². The van der Waals surface area contributed by atoms with Crippen LogP contribution in [0, 0.1) is 5.92 Å². The lowest BCUT2D eigenvalue weighted by atomic mass is 10.0. The molecule has 0 bridgehead atoms. The van der Waals surface area contributed by atoms with Crippen LogP contribution in [0.5, 0.6) is 5.75 Å². The number of carbonyl (C=O) groups is 1. The average molecular weight is 285 g/mol. The van der Waals surface area contributed by atoms with E-state index in [1.54, 1.807) is 25.3 Å². The third kappa shape index (κ3) is 3.59. The number of hydrogen-bond donors (Lipinski definition) is 2. The van der Waals surface area contributed by atoms with Gasteiger partial charge >= 0.3 is 0 Å². The van der Waals surface area contributed by atoms with E-state index in [0.717, 1.165) is 13.1 Å². The quantitative estimate of drug-likeness (QED) is 0.853. The van der Waals surface area contributed by atoms with Crippen molar-refractivity contribution in [3.8, 4) is 5.75 Å². The van der Waals surface area contributed by atoms with Gasteiger partial charge in [0.2, 0.25) is 5.91 Å². The third-order valence-corrected chi connectivity index (χ3v) is 3.33. The van der Waals surface area contributed by atoms with Crippen molar-refractivity contribution in [3.05, 3.63) is 23.2 Å². The lowest BCUT2D eigenvalue weighted by Gasteiger charge is -2.37. The highest BCUT2D eigenvalue weighted by molar-refractivity contribution is 6.31. The maximum absolute atomic E-state index is 11.9. The first-order valence-corrected chi connectivity index (χ1v) is 6.46. The predicted octanol–water partition coefficient (Wildman–Crippen LogP) is 1.21. The zero-order chi connectivity index (χ0) is 13.8. The second-order valence-corrected chi connectivity index (χ2v) is 5.07. The summed E-state index contributed by atoms with van der Waals surface area (Å²) in [7, 11) is 1.54. The van der Waals surface area contributed by atoms with Gasteiger partial charge in [-0.05, 0) is 18.2 Å². The lowest BCUT2D eigenvalue weighted by Crippen LogP contribution is -2.51. The Morgan fingerprint density at radius 3 is 2.95 bits per heavy atom. The van der Waals surface area contributed by atoms with E-state index in [-0.39, 0.29) is 12.5 Å². The van der Waals surface area contributed by atoms with E-state index >= 15 is 0 Å². The molecule has 1 fully saturated rings. The number of carbonyl (C=O) groups excluding carboxylic acids is 1. The highest BCUT2D eigenvalue weighted by Gasteiger charge is 2.27. The molecular formula is C13H17ClN2O3. The molecule has 6 heteroatoms. The molecule has 0 unspecified atom stereocenters. The van der Waals surface area contributed by atoms with Crippen LogP contribution < -0.4 is 10.1 Å². The van der Waals surface area contributed by atoms with Crippen molar-refractivity contribution in [1.29, 1.82) is 0 Å². The maximum Gasteiger partial charge on any atom is 0.238 e. The number of methoxy groups -OCH3 is 1. The molecule has 1 aliphatic rings. The van der Waals surface area contributed by atoms with Crippen molar-refractivity contribution in [2.45, 2.75) is 0 Å². The van der Waals surface area contributed by atoms with Gasteiger partial charge in [0.05, 0.1) is 19.3 Å². The monoisotopic (exact) mass is 284 g/mol. The van der Waals surface area contributed by atoms with Gasteiger partial charge in [-0.1, -0.05) is 11.6 Å². The minimum Gasteiger partial charge on any atom is -0.495 e. The normalized spacial score (nSPS) is 15.9. The average Bonchev–Trinajstić information content (AvgIpc) is 2.33. The van der Waals surface area contributed by atoms with Crippen LogP contribution in [0.2, 0.25) is 5.02 Å². The molecule has 2 rings (SSSR count). The van der Waals surface area contributed by atoms with Gasteiger partial charge in [-0.15, -0.1) is 0 Å². The van der Waals surface area contributed by atoms with E-state index in [0.29, 0.717) is 28.9 Å². The maximum atomic E-state index is 11.9. The van der Waals surface area contributed by atoms with E-state index in [1.165, 1.54) is 0 Å². The summed E-state index contributed by atoms with van der Waals surface area (Å²) < 4.78 is 5.16. The minimum absolute atomic E-state index is 0.114. The van der Waals surface area contributed by atoms with Crippen LogP contribution in [-0.2, 0) is 4.79 Å². The van der Waals surface area contributed by atoms with E-state index < -0.39 is 0 Å². The lowest BCUT2D eigenvalue weighted by molar-refractivity contribution is -0.119. The number of ether oxygens (including phenoxy) is 1. The number of halogens is 1. The second-order valence-electron chi connectivity index (χ2n) is 4.64. The van der Waals surface area contributed by atoms with Crippen LogP contribution in [-0.4, -0.2) is 49.3 Å². The Kier molecular flexibility index (Phi) is 4.63. The highest BCUT2D eigenvalue weighted by Crippen LogP contribution is 2.27. The van der Waals surface area contributed by atoms with Crippen molar-refractivity contribution in [2.75, 3.05) is 38.7 Å². The molecule has 1 aliphatic heterocycles. The highest BCUT2D eigenvalue weighted by atomic mass is 35.5. The van der Waals surface area contributed by atoms with E-state index in [9.17, 15) is 4.79 Å². The van der Waals surface area contributed by atoms with Crippen LogP contribution in [0.3, 0.4) is 0 Å². The van der Waals surface area contributed by atoms with Crippen molar-refractivity contribution in [2.24, 2.45) is 5.92 Å². The number of benzene rings is 1. The number of aliphatic hydroxyl groups is 1. The number of likely N-dealkylation sites (tertiary alicyclic amines) is 1. The molecule has 1 saturated heterocycles. The molecule has 0 spiro atoms. The summed E-state index contributed by atoms with van der Waals surface area (Å²) in [5, 5.41) is 12.2. The zero-order valence-corrected chi connectivity index (χ0v) is 11.5. The summed E-state index contributed by atoms with van der Waals surface area (Å²) in [6.07, 6.45) is 0. The van der Waals surface area contributed by atoms with Gasteiger partial charge in [0.25, 0.3) is 0 Å². The van der Waals surface area contributed by atoms with Crippen molar-refractivity contribution < 1.29 is 14.6 Å². The number of nitrogens with one attached hydrogen (secondary N) is 1. The molecular weight excluding hydrogens is 268 g/mol. The summed E-state index contributed by atoms with van der Waals surface area (Å²) in [4.78, 5) is 13.9. The first kappa shape index (κ1) is 14.1. The summed E-state index contributed by atoms with van der Waals surface area (Å²) >= 11 is 5.89. The fraction of sp³-hybridized carbons (Fsp3) is 0.462. The molecule has 1 aromatic carbocycles. The number of anilines is 1. The third-order valence-electron chi connectivity index (χ3n) is 3.09. The predicted molar refractivity (Wildman–Crippen MR) is 73.6 cm³/mol. The van der Waals surface area contributed by atoms with E-state index in [1.807, 2.05) is 4.90 Å². The Hall–Kier alpha value is -1.30. The molecule has 1 aromatic rings. The first-order chi connectivity index (χ1) is 9.12. The molecule has 0 saturated carbocycles. The number of aliphatic hydroxyl groups excluding tert-OH is 1. The SMILES string of the molecule is COc1ccc(Cl)cc1NC(=O)CN1CC(CO)C1. The summed E-state index contributed by atoms with van der Waals surface area (Å²) in [5.74, 6) is 0.764. The van der Waals surface area contributed by atoms with Crippen molar-refractivity contribution >= 4 is 23.2 Å². The molecule has 0 atom stereocenters. The van der Waals surface area contributed by atoms with E-state index in [2.05, 4.69) is 5.32 Å². The van der Waals surface area contributed by atoms with Crippen LogP contribution in [0.15, 0.2) is 18.2 Å². The van der Waals surface area contributed by atoms with Crippen LogP contribution in [0.25, 0.3) is 0 Å². The van der Waals surface area contributed by atoms with Gasteiger partial charge in [0.1, 0.15) is 5.75 Å². The largest absolute Gasteiger partial charge is 0.495 e. The van der Waals surface area contributed by atoms with Crippen LogP contribution in [0.1, 0.15) is 0 Å². The summed E-state index contributed by atoms with van der Waals surface area (Å²) in [6, 6.07) is 5.08. The minimum atomic E-state index is -0.114.